The lowest BCUT2D eigenvalue weighted by Gasteiger charge is -2.10. The Morgan fingerprint density at radius 2 is 2.15 bits per heavy atom. The minimum atomic E-state index is -4.55. The van der Waals surface area contributed by atoms with Crippen LogP contribution in [0.3, 0.4) is 0 Å². The first-order valence-electron chi connectivity index (χ1n) is 5.52. The van der Waals surface area contributed by atoms with E-state index in [4.69, 9.17) is 10.4 Å². The van der Waals surface area contributed by atoms with Crippen LogP contribution in [-0.4, -0.2) is 20.5 Å². The quantitative estimate of drug-likeness (QED) is 0.938. The molecule has 2 aromatic heterocycles. The number of imidazole rings is 1. The SMILES string of the molecule is N#CCCc1cc(C(F)(F)F)cn2cc(C(=O)O)nc12. The Hall–Kier alpha value is -2.56. The van der Waals surface area contributed by atoms with E-state index in [1.807, 2.05) is 6.07 Å². The van der Waals surface area contributed by atoms with Gasteiger partial charge in [0.2, 0.25) is 0 Å². The molecule has 0 radical (unpaired) electrons. The minimum absolute atomic E-state index is 0.0201. The van der Waals surface area contributed by atoms with E-state index in [0.717, 1.165) is 22.9 Å². The predicted molar refractivity (Wildman–Crippen MR) is 61.1 cm³/mol. The van der Waals surface area contributed by atoms with E-state index >= 15 is 0 Å². The zero-order valence-electron chi connectivity index (χ0n) is 9.98. The molecule has 0 aromatic carbocycles. The lowest BCUT2D eigenvalue weighted by Crippen LogP contribution is -2.08. The Bertz CT molecular complexity index is 713. The molecular formula is C12H8F3N3O2. The van der Waals surface area contributed by atoms with Crippen molar-refractivity contribution in [2.24, 2.45) is 0 Å². The molecule has 2 rings (SSSR count). The van der Waals surface area contributed by atoms with E-state index in [1.54, 1.807) is 0 Å². The molecule has 1 N–H and O–H groups in total. The number of hydrogen-bond donors (Lipinski definition) is 1. The highest BCUT2D eigenvalue weighted by molar-refractivity contribution is 5.86. The van der Waals surface area contributed by atoms with E-state index in [1.165, 1.54) is 0 Å². The summed E-state index contributed by atoms with van der Waals surface area (Å²) in [6.45, 7) is 0. The number of alkyl halides is 3. The number of fused-ring (bicyclic) bond motifs is 1. The fraction of sp³-hybridized carbons (Fsp3) is 0.250. The highest BCUT2D eigenvalue weighted by atomic mass is 19.4. The van der Waals surface area contributed by atoms with Crippen LogP contribution in [-0.2, 0) is 12.6 Å². The standard InChI is InChI=1S/C12H8F3N3O2/c13-12(14,15)8-4-7(2-1-3-16)10-17-9(11(19)20)6-18(10)5-8/h4-6H,1-2H2,(H,19,20). The second-order valence-electron chi connectivity index (χ2n) is 4.07. The third kappa shape index (κ3) is 2.56. The van der Waals surface area contributed by atoms with Gasteiger partial charge in [0.25, 0.3) is 0 Å². The molecule has 0 bridgehead atoms. The van der Waals surface area contributed by atoms with Crippen molar-refractivity contribution in [1.82, 2.24) is 9.38 Å². The summed E-state index contributed by atoms with van der Waals surface area (Å²) in [5.74, 6) is -1.33. The molecule has 0 fully saturated rings. The lowest BCUT2D eigenvalue weighted by atomic mass is 10.1. The van der Waals surface area contributed by atoms with Crippen LogP contribution >= 0.6 is 0 Å². The molecule has 104 valence electrons. The van der Waals surface area contributed by atoms with Crippen molar-refractivity contribution in [3.8, 4) is 6.07 Å². The minimum Gasteiger partial charge on any atom is -0.476 e. The fourth-order valence-corrected chi connectivity index (χ4v) is 1.80. The third-order valence-corrected chi connectivity index (χ3v) is 2.68. The molecule has 2 aromatic rings. The summed E-state index contributed by atoms with van der Waals surface area (Å²) in [4.78, 5) is 14.6. The van der Waals surface area contributed by atoms with Crippen LogP contribution in [0.5, 0.6) is 0 Å². The van der Waals surface area contributed by atoms with Gasteiger partial charge in [0.05, 0.1) is 11.6 Å². The average molecular weight is 283 g/mol. The van der Waals surface area contributed by atoms with Gasteiger partial charge in [-0.25, -0.2) is 9.78 Å². The summed E-state index contributed by atoms with van der Waals surface area (Å²) in [6, 6.07) is 2.73. The van der Waals surface area contributed by atoms with Crippen LogP contribution in [0.15, 0.2) is 18.5 Å². The Kier molecular flexibility index (Phi) is 3.36. The molecule has 2 heterocycles. The number of aromatic carboxylic acids is 1. The lowest BCUT2D eigenvalue weighted by molar-refractivity contribution is -0.137. The van der Waals surface area contributed by atoms with Crippen LogP contribution in [0.1, 0.15) is 28.0 Å². The van der Waals surface area contributed by atoms with Crippen molar-refractivity contribution in [2.75, 3.05) is 0 Å². The Labute approximate surface area is 110 Å². The van der Waals surface area contributed by atoms with Crippen molar-refractivity contribution >= 4 is 11.6 Å². The summed E-state index contributed by atoms with van der Waals surface area (Å²) in [7, 11) is 0. The van der Waals surface area contributed by atoms with E-state index in [2.05, 4.69) is 4.98 Å². The molecular weight excluding hydrogens is 275 g/mol. The molecule has 5 nitrogen and oxygen atoms in total. The number of aromatic nitrogens is 2. The first-order chi connectivity index (χ1) is 9.32. The van der Waals surface area contributed by atoms with Gasteiger partial charge in [-0.05, 0) is 18.1 Å². The number of halogens is 3. The largest absolute Gasteiger partial charge is 0.476 e. The molecule has 20 heavy (non-hydrogen) atoms. The van der Waals surface area contributed by atoms with Crippen LogP contribution in [0.25, 0.3) is 5.65 Å². The van der Waals surface area contributed by atoms with Gasteiger partial charge < -0.3 is 9.51 Å². The van der Waals surface area contributed by atoms with Gasteiger partial charge >= 0.3 is 12.1 Å². The molecule has 0 saturated carbocycles. The van der Waals surface area contributed by atoms with Gasteiger partial charge in [0, 0.05) is 18.8 Å². The zero-order valence-corrected chi connectivity index (χ0v) is 9.98. The topological polar surface area (TPSA) is 78.4 Å². The van der Waals surface area contributed by atoms with Crippen molar-refractivity contribution in [1.29, 1.82) is 5.26 Å². The van der Waals surface area contributed by atoms with Crippen molar-refractivity contribution in [3.63, 3.8) is 0 Å². The van der Waals surface area contributed by atoms with Crippen LogP contribution in [0.4, 0.5) is 13.2 Å². The normalized spacial score (nSPS) is 11.5. The number of carboxylic acid groups (broad SMARTS) is 1. The molecule has 8 heteroatoms. The van der Waals surface area contributed by atoms with Crippen molar-refractivity contribution in [2.45, 2.75) is 19.0 Å². The molecule has 0 aliphatic rings. The summed E-state index contributed by atoms with van der Waals surface area (Å²) in [5, 5.41) is 17.4. The summed E-state index contributed by atoms with van der Waals surface area (Å²) >= 11 is 0. The maximum absolute atomic E-state index is 12.8. The van der Waals surface area contributed by atoms with E-state index in [-0.39, 0.29) is 29.7 Å². The number of nitrogens with zero attached hydrogens (tertiary/aromatic N) is 3. The number of aryl methyl sites for hydroxylation is 1. The van der Waals surface area contributed by atoms with Gasteiger partial charge in [-0.3, -0.25) is 0 Å². The highest BCUT2D eigenvalue weighted by Crippen LogP contribution is 2.31. The van der Waals surface area contributed by atoms with Crippen LogP contribution < -0.4 is 0 Å². The van der Waals surface area contributed by atoms with Gasteiger partial charge in [-0.15, -0.1) is 0 Å². The Balaban J connectivity index is 2.65. The highest BCUT2D eigenvalue weighted by Gasteiger charge is 2.32. The van der Waals surface area contributed by atoms with Gasteiger partial charge in [0.1, 0.15) is 5.65 Å². The second kappa shape index (κ2) is 4.85. The molecule has 0 atom stereocenters. The second-order valence-corrected chi connectivity index (χ2v) is 4.07. The maximum atomic E-state index is 12.8. The first-order valence-corrected chi connectivity index (χ1v) is 5.52. The molecule has 0 aliphatic heterocycles. The van der Waals surface area contributed by atoms with Crippen molar-refractivity contribution in [3.05, 3.63) is 35.3 Å². The number of rotatable bonds is 3. The van der Waals surface area contributed by atoms with E-state index in [0.29, 0.717) is 0 Å². The van der Waals surface area contributed by atoms with Gasteiger partial charge in [-0.2, -0.15) is 18.4 Å². The summed E-state index contributed by atoms with van der Waals surface area (Å²) < 4.78 is 39.3. The molecule has 0 amide bonds. The average Bonchev–Trinajstić information content (AvgIpc) is 2.78. The Morgan fingerprint density at radius 1 is 1.45 bits per heavy atom. The molecule has 0 spiro atoms. The summed E-state index contributed by atoms with van der Waals surface area (Å²) in [5.41, 5.74) is -0.950. The molecule has 0 unspecified atom stereocenters. The fourth-order valence-electron chi connectivity index (χ4n) is 1.80. The predicted octanol–water partition coefficient (Wildman–Crippen LogP) is 2.51. The Morgan fingerprint density at radius 3 is 2.70 bits per heavy atom. The van der Waals surface area contributed by atoms with E-state index < -0.39 is 17.7 Å². The van der Waals surface area contributed by atoms with E-state index in [9.17, 15) is 18.0 Å². The van der Waals surface area contributed by atoms with Crippen LogP contribution in [0, 0.1) is 11.3 Å². The number of pyridine rings is 1. The van der Waals surface area contributed by atoms with Crippen molar-refractivity contribution < 1.29 is 23.1 Å². The number of carboxylic acids is 1. The van der Waals surface area contributed by atoms with Gasteiger partial charge in [0.15, 0.2) is 5.69 Å². The summed E-state index contributed by atoms with van der Waals surface area (Å²) in [6.07, 6.45) is -2.66. The smallest absolute Gasteiger partial charge is 0.417 e. The molecule has 0 saturated heterocycles. The number of carbonyl (C=O) groups is 1. The van der Waals surface area contributed by atoms with Gasteiger partial charge in [-0.1, -0.05) is 0 Å². The van der Waals surface area contributed by atoms with Crippen LogP contribution in [0.2, 0.25) is 0 Å². The third-order valence-electron chi connectivity index (χ3n) is 2.68. The zero-order chi connectivity index (χ0) is 14.9. The first kappa shape index (κ1) is 13.9. The monoisotopic (exact) mass is 283 g/mol. The number of nitriles is 1. The number of hydrogen-bond acceptors (Lipinski definition) is 3. The maximum Gasteiger partial charge on any atom is 0.417 e. The molecule has 0 aliphatic carbocycles.